The van der Waals surface area contributed by atoms with Gasteiger partial charge in [-0.3, -0.25) is 9.48 Å². The maximum atomic E-state index is 12.7. The van der Waals surface area contributed by atoms with Crippen LogP contribution in [0, 0.1) is 13.8 Å². The lowest BCUT2D eigenvalue weighted by molar-refractivity contribution is 0.0597. The summed E-state index contributed by atoms with van der Waals surface area (Å²) in [5.74, 6) is 0.923. The smallest absolute Gasteiger partial charge is 0.316 e. The highest BCUT2D eigenvalue weighted by Crippen LogP contribution is 2.23. The molecule has 0 bridgehead atoms. The van der Waals surface area contributed by atoms with Crippen LogP contribution in [0.2, 0.25) is 0 Å². The van der Waals surface area contributed by atoms with Gasteiger partial charge in [0.15, 0.2) is 5.76 Å². The Morgan fingerprint density at radius 1 is 1.27 bits per heavy atom. The standard InChI is InChI=1S/C18H19N5O3/c1-12-5-7-19-18(21-12)25-11-15-10-22(9-14-6-8-20-23(14)15)17(24)16-4-3-13(2)26-16/h3-8,15H,9-11H2,1-2H3. The largest absolute Gasteiger partial charge is 0.461 e. The summed E-state index contributed by atoms with van der Waals surface area (Å²) in [5.41, 5.74) is 1.79. The minimum Gasteiger partial charge on any atom is -0.461 e. The monoisotopic (exact) mass is 353 g/mol. The van der Waals surface area contributed by atoms with E-state index in [1.165, 1.54) is 0 Å². The Balaban J connectivity index is 1.52. The number of carbonyl (C=O) groups is 1. The molecule has 4 rings (SSSR count). The first kappa shape index (κ1) is 16.3. The Kier molecular flexibility index (Phi) is 4.16. The second-order valence-corrected chi connectivity index (χ2v) is 6.31. The van der Waals surface area contributed by atoms with E-state index < -0.39 is 0 Å². The summed E-state index contributed by atoms with van der Waals surface area (Å²) in [6.07, 6.45) is 3.39. The van der Waals surface area contributed by atoms with Crippen molar-refractivity contribution >= 4 is 5.91 Å². The van der Waals surface area contributed by atoms with Crippen LogP contribution >= 0.6 is 0 Å². The average molecular weight is 353 g/mol. The van der Waals surface area contributed by atoms with Crippen molar-refractivity contribution in [2.45, 2.75) is 26.4 Å². The fraction of sp³-hybridized carbons (Fsp3) is 0.333. The Bertz CT molecular complexity index is 932. The van der Waals surface area contributed by atoms with E-state index in [0.717, 1.165) is 11.4 Å². The van der Waals surface area contributed by atoms with E-state index in [4.69, 9.17) is 9.15 Å². The topological polar surface area (TPSA) is 86.3 Å². The minimum atomic E-state index is -0.137. The van der Waals surface area contributed by atoms with E-state index in [1.807, 2.05) is 30.7 Å². The fourth-order valence-electron chi connectivity index (χ4n) is 3.04. The molecule has 3 aromatic rings. The molecule has 0 N–H and O–H groups in total. The van der Waals surface area contributed by atoms with Crippen LogP contribution in [-0.4, -0.2) is 43.7 Å². The normalized spacial score (nSPS) is 16.4. The van der Waals surface area contributed by atoms with Gasteiger partial charge < -0.3 is 14.1 Å². The van der Waals surface area contributed by atoms with Gasteiger partial charge in [-0.25, -0.2) is 9.97 Å². The van der Waals surface area contributed by atoms with Gasteiger partial charge in [0.25, 0.3) is 5.91 Å². The van der Waals surface area contributed by atoms with Crippen LogP contribution in [0.1, 0.15) is 33.7 Å². The molecule has 8 heteroatoms. The number of nitrogens with zero attached hydrogens (tertiary/aromatic N) is 5. The zero-order valence-electron chi connectivity index (χ0n) is 14.6. The summed E-state index contributed by atoms with van der Waals surface area (Å²) < 4.78 is 13.1. The lowest BCUT2D eigenvalue weighted by Gasteiger charge is -2.33. The van der Waals surface area contributed by atoms with Gasteiger partial charge in [-0.1, -0.05) is 0 Å². The highest BCUT2D eigenvalue weighted by Gasteiger charge is 2.30. The molecule has 1 aliphatic heterocycles. The molecule has 1 amide bonds. The van der Waals surface area contributed by atoms with Gasteiger partial charge in [0, 0.05) is 24.6 Å². The molecule has 3 aromatic heterocycles. The Morgan fingerprint density at radius 2 is 2.15 bits per heavy atom. The first-order valence-corrected chi connectivity index (χ1v) is 8.41. The summed E-state index contributed by atoms with van der Waals surface area (Å²) in [5, 5.41) is 4.37. The molecule has 0 saturated heterocycles. The van der Waals surface area contributed by atoms with Crippen molar-refractivity contribution in [3.8, 4) is 6.01 Å². The van der Waals surface area contributed by atoms with Crippen molar-refractivity contribution in [1.29, 1.82) is 0 Å². The van der Waals surface area contributed by atoms with Crippen LogP contribution in [0.5, 0.6) is 6.01 Å². The van der Waals surface area contributed by atoms with E-state index in [2.05, 4.69) is 15.1 Å². The minimum absolute atomic E-state index is 0.127. The highest BCUT2D eigenvalue weighted by molar-refractivity contribution is 5.91. The van der Waals surface area contributed by atoms with Crippen LogP contribution in [-0.2, 0) is 6.54 Å². The quantitative estimate of drug-likeness (QED) is 0.714. The number of hydrogen-bond donors (Lipinski definition) is 0. The van der Waals surface area contributed by atoms with Gasteiger partial charge in [0.2, 0.25) is 0 Å². The second-order valence-electron chi connectivity index (χ2n) is 6.31. The van der Waals surface area contributed by atoms with Crippen molar-refractivity contribution in [3.63, 3.8) is 0 Å². The Morgan fingerprint density at radius 3 is 2.92 bits per heavy atom. The van der Waals surface area contributed by atoms with E-state index in [1.54, 1.807) is 29.4 Å². The molecule has 26 heavy (non-hydrogen) atoms. The molecular weight excluding hydrogens is 334 g/mol. The molecule has 0 aliphatic carbocycles. The number of furan rings is 1. The van der Waals surface area contributed by atoms with Crippen LogP contribution < -0.4 is 4.74 Å². The number of aryl methyl sites for hydroxylation is 2. The fourth-order valence-corrected chi connectivity index (χ4v) is 3.04. The first-order valence-electron chi connectivity index (χ1n) is 8.41. The molecule has 0 fully saturated rings. The predicted molar refractivity (Wildman–Crippen MR) is 91.7 cm³/mol. The molecule has 1 aliphatic rings. The van der Waals surface area contributed by atoms with Crippen LogP contribution in [0.15, 0.2) is 41.1 Å². The number of amides is 1. The van der Waals surface area contributed by atoms with Crippen molar-refractivity contribution in [3.05, 3.63) is 59.6 Å². The summed E-state index contributed by atoms with van der Waals surface area (Å²) in [6, 6.07) is 7.40. The molecule has 1 unspecified atom stereocenters. The van der Waals surface area contributed by atoms with Gasteiger partial charge >= 0.3 is 6.01 Å². The van der Waals surface area contributed by atoms with E-state index >= 15 is 0 Å². The summed E-state index contributed by atoms with van der Waals surface area (Å²) in [7, 11) is 0. The molecule has 0 radical (unpaired) electrons. The van der Waals surface area contributed by atoms with Crippen molar-refractivity contribution in [2.75, 3.05) is 13.2 Å². The zero-order valence-corrected chi connectivity index (χ0v) is 14.6. The van der Waals surface area contributed by atoms with Gasteiger partial charge in [0.1, 0.15) is 18.4 Å². The van der Waals surface area contributed by atoms with Gasteiger partial charge in [-0.2, -0.15) is 5.10 Å². The van der Waals surface area contributed by atoms with Gasteiger partial charge in [-0.15, -0.1) is 0 Å². The molecule has 0 spiro atoms. The second kappa shape index (κ2) is 6.62. The maximum Gasteiger partial charge on any atom is 0.316 e. The number of carbonyl (C=O) groups excluding carboxylic acids is 1. The van der Waals surface area contributed by atoms with Gasteiger partial charge in [-0.05, 0) is 38.1 Å². The van der Waals surface area contributed by atoms with E-state index in [0.29, 0.717) is 37.2 Å². The molecule has 8 nitrogen and oxygen atoms in total. The number of aromatic nitrogens is 4. The van der Waals surface area contributed by atoms with Gasteiger partial charge in [0.05, 0.1) is 12.2 Å². The third-order valence-electron chi connectivity index (χ3n) is 4.30. The molecule has 4 heterocycles. The van der Waals surface area contributed by atoms with Crippen LogP contribution in [0.4, 0.5) is 0 Å². The number of ether oxygens (including phenoxy) is 1. The molecule has 0 aromatic carbocycles. The highest BCUT2D eigenvalue weighted by atomic mass is 16.5. The average Bonchev–Trinajstić information content (AvgIpc) is 3.27. The Labute approximate surface area is 150 Å². The third-order valence-corrected chi connectivity index (χ3v) is 4.30. The zero-order chi connectivity index (χ0) is 18.1. The predicted octanol–water partition coefficient (Wildman–Crippen LogP) is 2.16. The molecule has 0 saturated carbocycles. The summed E-state index contributed by atoms with van der Waals surface area (Å²) in [4.78, 5) is 22.9. The number of fused-ring (bicyclic) bond motifs is 1. The first-order chi connectivity index (χ1) is 12.6. The molecule has 134 valence electrons. The summed E-state index contributed by atoms with van der Waals surface area (Å²) in [6.45, 7) is 4.97. The van der Waals surface area contributed by atoms with Crippen LogP contribution in [0.3, 0.4) is 0 Å². The number of rotatable bonds is 4. The van der Waals surface area contributed by atoms with Crippen molar-refractivity contribution < 1.29 is 13.9 Å². The Hall–Kier alpha value is -3.16. The number of hydrogen-bond acceptors (Lipinski definition) is 6. The lowest BCUT2D eigenvalue weighted by atomic mass is 10.2. The van der Waals surface area contributed by atoms with Crippen LogP contribution in [0.25, 0.3) is 0 Å². The van der Waals surface area contributed by atoms with E-state index in [9.17, 15) is 4.79 Å². The lowest BCUT2D eigenvalue weighted by Crippen LogP contribution is -2.43. The molecular formula is C18H19N5O3. The van der Waals surface area contributed by atoms with Crippen molar-refractivity contribution in [1.82, 2.24) is 24.6 Å². The molecule has 1 atom stereocenters. The van der Waals surface area contributed by atoms with Crippen molar-refractivity contribution in [2.24, 2.45) is 0 Å². The third kappa shape index (κ3) is 3.17. The maximum absolute atomic E-state index is 12.7. The van der Waals surface area contributed by atoms with E-state index in [-0.39, 0.29) is 11.9 Å². The summed E-state index contributed by atoms with van der Waals surface area (Å²) >= 11 is 0. The SMILES string of the molecule is Cc1ccnc(OCC2CN(C(=O)c3ccc(C)o3)Cc3ccnn32)n1.